The molecular weight excluding hydrogens is 446 g/mol. The van der Waals surface area contributed by atoms with Crippen molar-refractivity contribution >= 4 is 23.1 Å². The maximum Gasteiger partial charge on any atom is 0.300 e. The summed E-state index contributed by atoms with van der Waals surface area (Å²) >= 11 is 0. The van der Waals surface area contributed by atoms with Crippen LogP contribution in [-0.2, 0) is 16.0 Å². The second kappa shape index (κ2) is 9.93. The third-order valence-electron chi connectivity index (χ3n) is 6.13. The van der Waals surface area contributed by atoms with E-state index in [1.54, 1.807) is 49.6 Å². The van der Waals surface area contributed by atoms with Crippen LogP contribution in [0.3, 0.4) is 0 Å². The Morgan fingerprint density at radius 2 is 1.40 bits per heavy atom. The van der Waals surface area contributed by atoms with Crippen LogP contribution in [0, 0.1) is 0 Å². The summed E-state index contributed by atoms with van der Waals surface area (Å²) in [6, 6.07) is 18.5. The molecule has 1 heterocycles. The molecule has 3 aromatic carbocycles. The van der Waals surface area contributed by atoms with Crippen LogP contribution < -0.4 is 19.1 Å². The van der Waals surface area contributed by atoms with E-state index in [4.69, 9.17) is 14.2 Å². The van der Waals surface area contributed by atoms with E-state index in [9.17, 15) is 14.7 Å². The summed E-state index contributed by atoms with van der Waals surface area (Å²) in [4.78, 5) is 28.1. The van der Waals surface area contributed by atoms with Gasteiger partial charge in [-0.05, 0) is 41.8 Å². The summed E-state index contributed by atoms with van der Waals surface area (Å²) in [6.07, 6.45) is 0.847. The zero-order valence-corrected chi connectivity index (χ0v) is 20.1. The molecule has 1 amide bonds. The summed E-state index contributed by atoms with van der Waals surface area (Å²) in [5.41, 5.74) is 2.64. The monoisotopic (exact) mass is 473 g/mol. The number of hydrogen-bond acceptors (Lipinski definition) is 6. The minimum Gasteiger partial charge on any atom is -0.507 e. The number of methoxy groups -OCH3 is 3. The van der Waals surface area contributed by atoms with E-state index in [1.807, 2.05) is 31.2 Å². The Hall–Kier alpha value is -4.26. The van der Waals surface area contributed by atoms with Crippen molar-refractivity contribution in [1.29, 1.82) is 0 Å². The lowest BCUT2D eigenvalue weighted by Crippen LogP contribution is -2.29. The molecule has 1 unspecified atom stereocenters. The van der Waals surface area contributed by atoms with Gasteiger partial charge in [0.25, 0.3) is 11.7 Å². The van der Waals surface area contributed by atoms with Crippen molar-refractivity contribution in [3.63, 3.8) is 0 Å². The van der Waals surface area contributed by atoms with Crippen molar-refractivity contribution in [1.82, 2.24) is 0 Å². The lowest BCUT2D eigenvalue weighted by molar-refractivity contribution is -0.132. The number of aliphatic hydroxyl groups excluding tert-OH is 1. The smallest absolute Gasteiger partial charge is 0.300 e. The fourth-order valence-electron chi connectivity index (χ4n) is 4.19. The summed E-state index contributed by atoms with van der Waals surface area (Å²) in [5.74, 6) is -0.234. The molecule has 0 aliphatic carbocycles. The number of ether oxygens (including phenoxy) is 3. The summed E-state index contributed by atoms with van der Waals surface area (Å²) in [6.45, 7) is 2.05. The minimum atomic E-state index is -0.847. The number of rotatable bonds is 7. The predicted octanol–water partition coefficient (Wildman–Crippen LogP) is 4.90. The van der Waals surface area contributed by atoms with Gasteiger partial charge >= 0.3 is 0 Å². The average Bonchev–Trinajstić information content (AvgIpc) is 3.18. The van der Waals surface area contributed by atoms with Gasteiger partial charge in [-0.3, -0.25) is 14.5 Å². The third-order valence-corrected chi connectivity index (χ3v) is 6.13. The molecule has 0 spiro atoms. The van der Waals surface area contributed by atoms with E-state index >= 15 is 0 Å². The Morgan fingerprint density at radius 1 is 0.829 bits per heavy atom. The molecule has 180 valence electrons. The molecule has 0 aromatic heterocycles. The van der Waals surface area contributed by atoms with E-state index in [1.165, 1.54) is 19.1 Å². The molecule has 0 saturated carbocycles. The largest absolute Gasteiger partial charge is 0.507 e. The molecule has 35 heavy (non-hydrogen) atoms. The SMILES string of the molecule is CCc1ccc(C2/C(=C(\O)c3ccc(OC)cc3)C(=O)C(=O)N2c2cc(OC)cc(OC)c2)cc1. The van der Waals surface area contributed by atoms with Crippen molar-refractivity contribution in [2.24, 2.45) is 0 Å². The number of carbonyl (C=O) groups excluding carboxylic acids is 2. The number of ketones is 1. The van der Waals surface area contributed by atoms with Crippen LogP contribution in [0.4, 0.5) is 5.69 Å². The van der Waals surface area contributed by atoms with Gasteiger partial charge in [0, 0.05) is 23.8 Å². The van der Waals surface area contributed by atoms with Gasteiger partial charge in [0.15, 0.2) is 0 Å². The van der Waals surface area contributed by atoms with Gasteiger partial charge in [-0.15, -0.1) is 0 Å². The van der Waals surface area contributed by atoms with Crippen LogP contribution in [0.15, 0.2) is 72.3 Å². The Bertz CT molecular complexity index is 1260. The first kappa shape index (κ1) is 23.9. The molecule has 0 radical (unpaired) electrons. The van der Waals surface area contributed by atoms with Crippen LogP contribution in [0.2, 0.25) is 0 Å². The molecule has 1 saturated heterocycles. The van der Waals surface area contributed by atoms with Crippen LogP contribution in [0.5, 0.6) is 17.2 Å². The molecule has 3 aromatic rings. The number of carbonyl (C=O) groups is 2. The summed E-state index contributed by atoms with van der Waals surface area (Å²) < 4.78 is 16.0. The first-order valence-corrected chi connectivity index (χ1v) is 11.2. The average molecular weight is 474 g/mol. The molecule has 1 aliphatic heterocycles. The fourth-order valence-corrected chi connectivity index (χ4v) is 4.19. The van der Waals surface area contributed by atoms with Crippen LogP contribution in [0.25, 0.3) is 5.76 Å². The topological polar surface area (TPSA) is 85.3 Å². The van der Waals surface area contributed by atoms with E-state index in [-0.39, 0.29) is 11.3 Å². The number of benzene rings is 3. The molecule has 1 fully saturated rings. The molecule has 1 aliphatic rings. The zero-order valence-electron chi connectivity index (χ0n) is 20.1. The lowest BCUT2D eigenvalue weighted by Gasteiger charge is -2.26. The predicted molar refractivity (Wildman–Crippen MR) is 133 cm³/mol. The molecule has 1 N–H and O–H groups in total. The first-order chi connectivity index (χ1) is 16.9. The molecule has 7 heteroatoms. The van der Waals surface area contributed by atoms with Gasteiger partial charge < -0.3 is 19.3 Å². The Balaban J connectivity index is 1.93. The van der Waals surface area contributed by atoms with Gasteiger partial charge in [-0.25, -0.2) is 0 Å². The highest BCUT2D eigenvalue weighted by Gasteiger charge is 2.47. The molecule has 7 nitrogen and oxygen atoms in total. The van der Waals surface area contributed by atoms with Crippen LogP contribution >= 0.6 is 0 Å². The van der Waals surface area contributed by atoms with Crippen molar-refractivity contribution in [2.75, 3.05) is 26.2 Å². The fraction of sp³-hybridized carbons (Fsp3) is 0.214. The first-order valence-electron chi connectivity index (χ1n) is 11.2. The van der Waals surface area contributed by atoms with Crippen molar-refractivity contribution < 1.29 is 28.9 Å². The maximum atomic E-state index is 13.4. The van der Waals surface area contributed by atoms with Gasteiger partial charge in [0.05, 0.1) is 38.6 Å². The molecule has 0 bridgehead atoms. The number of aryl methyl sites for hydroxylation is 1. The number of nitrogens with zero attached hydrogens (tertiary/aromatic N) is 1. The summed E-state index contributed by atoms with van der Waals surface area (Å²) in [7, 11) is 4.57. The van der Waals surface area contributed by atoms with Crippen LogP contribution in [-0.4, -0.2) is 38.1 Å². The quantitative estimate of drug-likeness (QED) is 0.298. The van der Waals surface area contributed by atoms with E-state index in [0.29, 0.717) is 34.1 Å². The molecular formula is C28H27NO6. The standard InChI is InChI=1S/C28H27NO6/c1-5-17-6-8-18(9-7-17)25-24(26(30)19-10-12-21(33-2)13-11-19)27(31)28(32)29(25)20-14-22(34-3)16-23(15-20)35-4/h6-16,25,30H,5H2,1-4H3/b26-24+. The number of hydrogen-bond donors (Lipinski definition) is 1. The van der Waals surface area contributed by atoms with Crippen molar-refractivity contribution in [3.8, 4) is 17.2 Å². The lowest BCUT2D eigenvalue weighted by atomic mass is 9.94. The number of anilines is 1. The second-order valence-corrected chi connectivity index (χ2v) is 8.06. The van der Waals surface area contributed by atoms with Crippen LogP contribution in [0.1, 0.15) is 29.7 Å². The number of aliphatic hydroxyl groups is 1. The maximum absolute atomic E-state index is 13.4. The van der Waals surface area contributed by atoms with Gasteiger partial charge in [0.1, 0.15) is 23.0 Å². The van der Waals surface area contributed by atoms with Crippen molar-refractivity contribution in [3.05, 3.63) is 89.0 Å². The second-order valence-electron chi connectivity index (χ2n) is 8.06. The van der Waals surface area contributed by atoms with E-state index in [0.717, 1.165) is 12.0 Å². The Labute approximate surface area is 204 Å². The van der Waals surface area contributed by atoms with E-state index in [2.05, 4.69) is 0 Å². The zero-order chi connectivity index (χ0) is 25.1. The van der Waals surface area contributed by atoms with Crippen molar-refractivity contribution in [2.45, 2.75) is 19.4 Å². The highest BCUT2D eigenvalue weighted by atomic mass is 16.5. The Kier molecular flexibility index (Phi) is 6.78. The third kappa shape index (κ3) is 4.45. The highest BCUT2D eigenvalue weighted by molar-refractivity contribution is 6.51. The Morgan fingerprint density at radius 3 is 1.91 bits per heavy atom. The highest BCUT2D eigenvalue weighted by Crippen LogP contribution is 2.44. The van der Waals surface area contributed by atoms with Gasteiger partial charge in [0.2, 0.25) is 0 Å². The summed E-state index contributed by atoms with van der Waals surface area (Å²) in [5, 5.41) is 11.3. The van der Waals surface area contributed by atoms with Gasteiger partial charge in [-0.1, -0.05) is 31.2 Å². The minimum absolute atomic E-state index is 0.00574. The van der Waals surface area contributed by atoms with E-state index < -0.39 is 17.7 Å². The normalized spacial score (nSPS) is 16.9. The molecule has 4 rings (SSSR count). The molecule has 1 atom stereocenters. The number of amides is 1. The van der Waals surface area contributed by atoms with Gasteiger partial charge in [-0.2, -0.15) is 0 Å². The number of Topliss-reactive ketones (excluding diaryl/α,β-unsaturated/α-hetero) is 1.